The van der Waals surface area contributed by atoms with Gasteiger partial charge in [-0.2, -0.15) is 0 Å². The molecule has 0 aliphatic heterocycles. The van der Waals surface area contributed by atoms with Gasteiger partial charge in [-0.15, -0.1) is 0 Å². The van der Waals surface area contributed by atoms with Gasteiger partial charge in [0.25, 0.3) is 0 Å². The molecule has 0 bridgehead atoms. The molecule has 3 nitrogen and oxygen atoms in total. The van der Waals surface area contributed by atoms with E-state index in [-0.39, 0.29) is 0 Å². The lowest BCUT2D eigenvalue weighted by Gasteiger charge is -2.03. The van der Waals surface area contributed by atoms with Gasteiger partial charge in [0.05, 0.1) is 12.9 Å². The quantitative estimate of drug-likeness (QED) is 0.830. The Bertz CT molecular complexity index is 543. The van der Waals surface area contributed by atoms with Crippen molar-refractivity contribution in [1.82, 2.24) is 5.32 Å². The lowest BCUT2D eigenvalue weighted by molar-refractivity contribution is 0.202. The summed E-state index contributed by atoms with van der Waals surface area (Å²) in [4.78, 5) is 0. The summed E-state index contributed by atoms with van der Waals surface area (Å²) < 4.78 is 10.8. The standard InChI is InChI=1S/C16H21NO2/c1-18-9-7-12-2-5-16-15(10-12)13(11-19-16)6-8-17-14-3-4-14/h2,5,10-11,14,17H,3-4,6-9H2,1H3. The minimum atomic E-state index is 0.766. The highest BCUT2D eigenvalue weighted by Crippen LogP contribution is 2.24. The molecule has 1 aromatic heterocycles. The van der Waals surface area contributed by atoms with Crippen LogP contribution < -0.4 is 5.32 Å². The van der Waals surface area contributed by atoms with Gasteiger partial charge < -0.3 is 14.5 Å². The minimum absolute atomic E-state index is 0.766. The van der Waals surface area contributed by atoms with Crippen LogP contribution in [0.5, 0.6) is 0 Å². The van der Waals surface area contributed by atoms with E-state index in [2.05, 4.69) is 23.5 Å². The fraction of sp³-hybridized carbons (Fsp3) is 0.500. The first kappa shape index (κ1) is 12.7. The molecule has 0 saturated heterocycles. The molecule has 102 valence electrons. The van der Waals surface area contributed by atoms with Crippen LogP contribution in [0.1, 0.15) is 24.0 Å². The molecule has 0 atom stereocenters. The van der Waals surface area contributed by atoms with Crippen molar-refractivity contribution in [2.75, 3.05) is 20.3 Å². The number of benzene rings is 1. The van der Waals surface area contributed by atoms with E-state index in [4.69, 9.17) is 9.15 Å². The Hall–Kier alpha value is -1.32. The van der Waals surface area contributed by atoms with Crippen molar-refractivity contribution in [2.24, 2.45) is 0 Å². The Balaban J connectivity index is 1.70. The number of ether oxygens (including phenoxy) is 1. The molecule has 0 radical (unpaired) electrons. The van der Waals surface area contributed by atoms with Gasteiger partial charge in [-0.1, -0.05) is 6.07 Å². The SMILES string of the molecule is COCCc1ccc2occ(CCNC3CC3)c2c1. The average Bonchev–Trinajstić information content (AvgIpc) is 3.17. The van der Waals surface area contributed by atoms with Crippen LogP contribution in [0.25, 0.3) is 11.0 Å². The van der Waals surface area contributed by atoms with Gasteiger partial charge >= 0.3 is 0 Å². The Morgan fingerprint density at radius 3 is 3.00 bits per heavy atom. The van der Waals surface area contributed by atoms with Crippen molar-refractivity contribution in [3.63, 3.8) is 0 Å². The molecule has 3 heteroatoms. The Morgan fingerprint density at radius 2 is 2.21 bits per heavy atom. The van der Waals surface area contributed by atoms with Crippen molar-refractivity contribution < 1.29 is 9.15 Å². The summed E-state index contributed by atoms with van der Waals surface area (Å²) in [6.07, 6.45) is 6.58. The zero-order valence-electron chi connectivity index (χ0n) is 11.4. The predicted molar refractivity (Wildman–Crippen MR) is 76.5 cm³/mol. The van der Waals surface area contributed by atoms with Gasteiger partial charge in [0.2, 0.25) is 0 Å². The first-order valence-corrected chi connectivity index (χ1v) is 7.08. The van der Waals surface area contributed by atoms with Crippen LogP contribution in [-0.4, -0.2) is 26.3 Å². The molecule has 1 saturated carbocycles. The van der Waals surface area contributed by atoms with Crippen molar-refractivity contribution >= 4 is 11.0 Å². The molecule has 1 heterocycles. The van der Waals surface area contributed by atoms with Crippen molar-refractivity contribution in [3.8, 4) is 0 Å². The average molecular weight is 259 g/mol. The molecular formula is C16H21NO2. The van der Waals surface area contributed by atoms with Crippen molar-refractivity contribution in [2.45, 2.75) is 31.7 Å². The second-order valence-corrected chi connectivity index (χ2v) is 5.31. The number of hydrogen-bond acceptors (Lipinski definition) is 3. The monoisotopic (exact) mass is 259 g/mol. The van der Waals surface area contributed by atoms with Crippen LogP contribution in [0, 0.1) is 0 Å². The summed E-state index contributed by atoms with van der Waals surface area (Å²) in [6, 6.07) is 7.20. The van der Waals surface area contributed by atoms with E-state index in [1.54, 1.807) is 7.11 Å². The Morgan fingerprint density at radius 1 is 1.32 bits per heavy atom. The summed E-state index contributed by atoms with van der Waals surface area (Å²) in [7, 11) is 1.74. The zero-order valence-corrected chi connectivity index (χ0v) is 11.4. The normalized spacial score (nSPS) is 15.2. The molecule has 19 heavy (non-hydrogen) atoms. The van der Waals surface area contributed by atoms with E-state index in [1.807, 2.05) is 6.26 Å². The van der Waals surface area contributed by atoms with Gasteiger partial charge in [-0.3, -0.25) is 0 Å². The Labute approximate surface area is 113 Å². The van der Waals surface area contributed by atoms with Crippen LogP contribution in [0.4, 0.5) is 0 Å². The maximum Gasteiger partial charge on any atom is 0.134 e. The molecule has 1 N–H and O–H groups in total. The first-order valence-electron chi connectivity index (χ1n) is 7.08. The van der Waals surface area contributed by atoms with Gasteiger partial charge in [-0.05, 0) is 55.5 Å². The molecule has 0 amide bonds. The fourth-order valence-corrected chi connectivity index (χ4v) is 2.40. The fourth-order valence-electron chi connectivity index (χ4n) is 2.40. The number of rotatable bonds is 7. The molecule has 3 rings (SSSR count). The minimum Gasteiger partial charge on any atom is -0.464 e. The summed E-state index contributed by atoms with van der Waals surface area (Å²) in [5.41, 5.74) is 3.61. The topological polar surface area (TPSA) is 34.4 Å². The summed E-state index contributed by atoms with van der Waals surface area (Å²) in [6.45, 7) is 1.81. The number of methoxy groups -OCH3 is 1. The van der Waals surface area contributed by atoms with Crippen LogP contribution in [0.15, 0.2) is 28.9 Å². The van der Waals surface area contributed by atoms with E-state index >= 15 is 0 Å². The molecule has 0 unspecified atom stereocenters. The van der Waals surface area contributed by atoms with Gasteiger partial charge in [0.15, 0.2) is 0 Å². The third-order valence-electron chi connectivity index (χ3n) is 3.72. The molecular weight excluding hydrogens is 238 g/mol. The lowest BCUT2D eigenvalue weighted by Crippen LogP contribution is -2.19. The lowest BCUT2D eigenvalue weighted by atomic mass is 10.1. The van der Waals surface area contributed by atoms with Crippen molar-refractivity contribution in [1.29, 1.82) is 0 Å². The number of hydrogen-bond donors (Lipinski definition) is 1. The maximum atomic E-state index is 5.62. The number of fused-ring (bicyclic) bond motifs is 1. The van der Waals surface area contributed by atoms with Gasteiger partial charge in [0, 0.05) is 18.5 Å². The van der Waals surface area contributed by atoms with Crippen LogP contribution in [0.3, 0.4) is 0 Å². The second kappa shape index (κ2) is 5.76. The third-order valence-corrected chi connectivity index (χ3v) is 3.72. The molecule has 1 aliphatic carbocycles. The summed E-state index contributed by atoms with van der Waals surface area (Å²) in [5, 5.41) is 4.80. The van der Waals surface area contributed by atoms with Crippen LogP contribution in [-0.2, 0) is 17.6 Å². The first-order chi connectivity index (χ1) is 9.36. The highest BCUT2D eigenvalue weighted by Gasteiger charge is 2.19. The second-order valence-electron chi connectivity index (χ2n) is 5.31. The van der Waals surface area contributed by atoms with E-state index in [9.17, 15) is 0 Å². The van der Waals surface area contributed by atoms with E-state index in [1.165, 1.54) is 29.4 Å². The van der Waals surface area contributed by atoms with E-state index < -0.39 is 0 Å². The predicted octanol–water partition coefficient (Wildman–Crippen LogP) is 2.92. The van der Waals surface area contributed by atoms with Gasteiger partial charge in [0.1, 0.15) is 5.58 Å². The molecule has 1 fully saturated rings. The van der Waals surface area contributed by atoms with E-state index in [0.717, 1.165) is 37.6 Å². The summed E-state index contributed by atoms with van der Waals surface area (Å²) in [5.74, 6) is 0. The zero-order chi connectivity index (χ0) is 13.1. The maximum absolute atomic E-state index is 5.62. The highest BCUT2D eigenvalue weighted by molar-refractivity contribution is 5.81. The molecule has 1 aliphatic rings. The van der Waals surface area contributed by atoms with Crippen molar-refractivity contribution in [3.05, 3.63) is 35.6 Å². The molecule has 1 aromatic carbocycles. The largest absolute Gasteiger partial charge is 0.464 e. The number of nitrogens with one attached hydrogen (secondary N) is 1. The van der Waals surface area contributed by atoms with Crippen LogP contribution >= 0.6 is 0 Å². The Kier molecular flexibility index (Phi) is 3.85. The van der Waals surface area contributed by atoms with Crippen LogP contribution in [0.2, 0.25) is 0 Å². The summed E-state index contributed by atoms with van der Waals surface area (Å²) >= 11 is 0. The van der Waals surface area contributed by atoms with E-state index in [0.29, 0.717) is 0 Å². The molecule has 2 aromatic rings. The number of furan rings is 1. The molecule has 0 spiro atoms. The van der Waals surface area contributed by atoms with Gasteiger partial charge in [-0.25, -0.2) is 0 Å². The smallest absolute Gasteiger partial charge is 0.134 e. The third kappa shape index (κ3) is 3.17. The highest BCUT2D eigenvalue weighted by atomic mass is 16.5.